The summed E-state index contributed by atoms with van der Waals surface area (Å²) in [6.45, 7) is 3.63. The molecule has 0 unspecified atom stereocenters. The maximum Gasteiger partial charge on any atom is 0.293 e. The van der Waals surface area contributed by atoms with Gasteiger partial charge in [-0.1, -0.05) is 6.07 Å². The third-order valence-corrected chi connectivity index (χ3v) is 5.78. The van der Waals surface area contributed by atoms with E-state index in [2.05, 4.69) is 25.4 Å². The van der Waals surface area contributed by atoms with Crippen molar-refractivity contribution in [3.63, 3.8) is 0 Å². The molecule has 0 bridgehead atoms. The van der Waals surface area contributed by atoms with Crippen LogP contribution in [-0.2, 0) is 19.5 Å². The molecule has 1 saturated heterocycles. The maximum absolute atomic E-state index is 13.4. The second-order valence-electron chi connectivity index (χ2n) is 7.79. The predicted octanol–water partition coefficient (Wildman–Crippen LogP) is 2.37. The number of pyridine rings is 1. The fraction of sp³-hybridized carbons (Fsp3) is 0.333. The first-order valence-corrected chi connectivity index (χ1v) is 9.76. The van der Waals surface area contributed by atoms with E-state index in [1.807, 2.05) is 29.1 Å². The number of rotatable bonds is 4. The summed E-state index contributed by atoms with van der Waals surface area (Å²) < 4.78 is 15.3. The minimum absolute atomic E-state index is 0.287. The third-order valence-electron chi connectivity index (χ3n) is 5.78. The average molecular weight is 392 g/mol. The number of benzene rings is 1. The molecule has 7 nitrogen and oxygen atoms in total. The zero-order chi connectivity index (χ0) is 19.8. The Kier molecular flexibility index (Phi) is 4.55. The number of anilines is 1. The van der Waals surface area contributed by atoms with Gasteiger partial charge in [-0.25, -0.2) is 4.39 Å². The van der Waals surface area contributed by atoms with Gasteiger partial charge in [0.1, 0.15) is 11.6 Å². The molecular formula is C21H21FN6O. The van der Waals surface area contributed by atoms with Gasteiger partial charge in [-0.05, 0) is 47.7 Å². The largest absolute Gasteiger partial charge is 0.319 e. The summed E-state index contributed by atoms with van der Waals surface area (Å²) in [5, 5.41) is 11.1. The molecule has 0 saturated carbocycles. The van der Waals surface area contributed by atoms with Crippen LogP contribution in [0, 0.1) is 17.7 Å². The van der Waals surface area contributed by atoms with Crippen molar-refractivity contribution in [1.82, 2.24) is 24.6 Å². The molecule has 29 heavy (non-hydrogen) atoms. The highest BCUT2D eigenvalue weighted by atomic mass is 19.1. The highest BCUT2D eigenvalue weighted by Crippen LogP contribution is 2.33. The number of nitrogens with one attached hydrogen (secondary N) is 1. The van der Waals surface area contributed by atoms with Gasteiger partial charge in [0.05, 0.1) is 0 Å². The van der Waals surface area contributed by atoms with Gasteiger partial charge >= 0.3 is 0 Å². The van der Waals surface area contributed by atoms with E-state index in [1.54, 1.807) is 12.1 Å². The molecule has 0 spiro atoms. The Morgan fingerprint density at radius 3 is 2.76 bits per heavy atom. The van der Waals surface area contributed by atoms with Crippen LogP contribution in [0.5, 0.6) is 0 Å². The van der Waals surface area contributed by atoms with Gasteiger partial charge in [0, 0.05) is 50.7 Å². The van der Waals surface area contributed by atoms with E-state index in [9.17, 15) is 9.18 Å². The summed E-state index contributed by atoms with van der Waals surface area (Å²) in [7, 11) is 0. The first-order valence-electron chi connectivity index (χ1n) is 9.76. The van der Waals surface area contributed by atoms with Gasteiger partial charge in [-0.15, -0.1) is 10.2 Å². The van der Waals surface area contributed by atoms with Crippen molar-refractivity contribution in [3.05, 3.63) is 71.8 Å². The van der Waals surface area contributed by atoms with E-state index in [-0.39, 0.29) is 11.7 Å². The van der Waals surface area contributed by atoms with Crippen LogP contribution in [0.25, 0.3) is 0 Å². The van der Waals surface area contributed by atoms with E-state index >= 15 is 0 Å². The lowest BCUT2D eigenvalue weighted by Gasteiger charge is -2.25. The van der Waals surface area contributed by atoms with E-state index < -0.39 is 5.82 Å². The standard InChI is InChI=1S/C21H21FN6O/c22-17-2-1-3-18(9-17)24-21(29)20-26-25-19-8-15-11-27(12-16(15)13-28(19)20)10-14-4-6-23-7-5-14/h1-7,9,15-16H,8,10-13H2,(H,24,29)/t15-,16-/m0/s1. The SMILES string of the molecule is O=C(Nc1cccc(F)c1)c1nnc2n1C[C@@H]1CN(Cc3ccncc3)C[C@@H]1C2. The van der Waals surface area contributed by atoms with Gasteiger partial charge in [-0.2, -0.15) is 0 Å². The van der Waals surface area contributed by atoms with Gasteiger partial charge in [0.25, 0.3) is 5.91 Å². The molecule has 2 aliphatic heterocycles. The second kappa shape index (κ2) is 7.36. The molecule has 5 rings (SSSR count). The van der Waals surface area contributed by atoms with Gasteiger partial charge < -0.3 is 9.88 Å². The molecule has 4 heterocycles. The van der Waals surface area contributed by atoms with Crippen molar-refractivity contribution in [3.8, 4) is 0 Å². The summed E-state index contributed by atoms with van der Waals surface area (Å²) in [4.78, 5) is 19.2. The Morgan fingerprint density at radius 1 is 1.10 bits per heavy atom. The van der Waals surface area contributed by atoms with E-state index in [0.717, 1.165) is 38.4 Å². The Labute approximate surface area is 167 Å². The van der Waals surface area contributed by atoms with Crippen LogP contribution in [0.15, 0.2) is 48.8 Å². The van der Waals surface area contributed by atoms with Crippen molar-refractivity contribution in [2.24, 2.45) is 11.8 Å². The highest BCUT2D eigenvalue weighted by molar-refractivity contribution is 6.01. The van der Waals surface area contributed by atoms with E-state index in [1.165, 1.54) is 17.7 Å². The molecule has 2 atom stereocenters. The molecular weight excluding hydrogens is 371 g/mol. The Hall–Kier alpha value is -3.13. The highest BCUT2D eigenvalue weighted by Gasteiger charge is 2.39. The Balaban J connectivity index is 1.29. The van der Waals surface area contributed by atoms with Gasteiger partial charge in [0.15, 0.2) is 0 Å². The molecule has 148 valence electrons. The number of hydrogen-bond acceptors (Lipinski definition) is 5. The molecule has 1 fully saturated rings. The van der Waals surface area contributed by atoms with Crippen molar-refractivity contribution >= 4 is 11.6 Å². The summed E-state index contributed by atoms with van der Waals surface area (Å²) in [5.74, 6) is 1.36. The average Bonchev–Trinajstić information content (AvgIpc) is 3.29. The molecule has 1 N–H and O–H groups in total. The third kappa shape index (κ3) is 3.63. The Bertz CT molecular complexity index is 1040. The lowest BCUT2D eigenvalue weighted by molar-refractivity contribution is 0.100. The number of nitrogens with zero attached hydrogens (tertiary/aromatic N) is 5. The molecule has 0 aliphatic carbocycles. The number of carbonyl (C=O) groups is 1. The van der Waals surface area contributed by atoms with Gasteiger partial charge in [-0.3, -0.25) is 14.7 Å². The van der Waals surface area contributed by atoms with Crippen molar-refractivity contribution in [2.45, 2.75) is 19.5 Å². The van der Waals surface area contributed by atoms with E-state index in [4.69, 9.17) is 0 Å². The molecule has 0 radical (unpaired) electrons. The molecule has 2 aliphatic rings. The van der Waals surface area contributed by atoms with Crippen LogP contribution < -0.4 is 5.32 Å². The number of amides is 1. The number of fused-ring (bicyclic) bond motifs is 2. The van der Waals surface area contributed by atoms with Crippen LogP contribution in [0.3, 0.4) is 0 Å². The van der Waals surface area contributed by atoms with Crippen LogP contribution in [0.4, 0.5) is 10.1 Å². The lowest BCUT2D eigenvalue weighted by atomic mass is 9.89. The van der Waals surface area contributed by atoms with Crippen molar-refractivity contribution in [1.29, 1.82) is 0 Å². The topological polar surface area (TPSA) is 75.9 Å². The quantitative estimate of drug-likeness (QED) is 0.738. The summed E-state index contributed by atoms with van der Waals surface area (Å²) in [6, 6.07) is 9.93. The zero-order valence-electron chi connectivity index (χ0n) is 15.8. The van der Waals surface area contributed by atoms with Crippen molar-refractivity contribution in [2.75, 3.05) is 18.4 Å². The molecule has 3 aromatic rings. The summed E-state index contributed by atoms with van der Waals surface area (Å²) >= 11 is 0. The normalized spacial score (nSPS) is 20.9. The number of aromatic nitrogens is 4. The number of carbonyl (C=O) groups excluding carboxylic acids is 1. The Morgan fingerprint density at radius 2 is 1.93 bits per heavy atom. The maximum atomic E-state index is 13.4. The molecule has 1 aromatic carbocycles. The minimum Gasteiger partial charge on any atom is -0.319 e. The molecule has 2 aromatic heterocycles. The minimum atomic E-state index is -0.394. The number of likely N-dealkylation sites (tertiary alicyclic amines) is 1. The summed E-state index contributed by atoms with van der Waals surface area (Å²) in [6.07, 6.45) is 4.46. The molecule has 1 amide bonds. The lowest BCUT2D eigenvalue weighted by Crippen LogP contribution is -2.31. The van der Waals surface area contributed by atoms with Crippen LogP contribution in [-0.4, -0.2) is 43.6 Å². The first kappa shape index (κ1) is 17.9. The first-order chi connectivity index (χ1) is 14.2. The van der Waals surface area contributed by atoms with Crippen LogP contribution in [0.1, 0.15) is 22.0 Å². The fourth-order valence-electron chi connectivity index (χ4n) is 4.42. The van der Waals surface area contributed by atoms with Gasteiger partial charge in [0.2, 0.25) is 5.82 Å². The number of hydrogen-bond donors (Lipinski definition) is 1. The zero-order valence-corrected chi connectivity index (χ0v) is 15.8. The predicted molar refractivity (Wildman–Crippen MR) is 105 cm³/mol. The van der Waals surface area contributed by atoms with E-state index in [0.29, 0.717) is 17.5 Å². The van der Waals surface area contributed by atoms with Crippen molar-refractivity contribution < 1.29 is 9.18 Å². The van der Waals surface area contributed by atoms with Crippen LogP contribution >= 0.6 is 0 Å². The fourth-order valence-corrected chi connectivity index (χ4v) is 4.42. The molecule has 8 heteroatoms. The van der Waals surface area contributed by atoms with Crippen LogP contribution in [0.2, 0.25) is 0 Å². The number of halogens is 1. The summed E-state index contributed by atoms with van der Waals surface area (Å²) in [5.41, 5.74) is 1.67. The second-order valence-corrected chi connectivity index (χ2v) is 7.79. The smallest absolute Gasteiger partial charge is 0.293 e. The monoisotopic (exact) mass is 392 g/mol.